The van der Waals surface area contributed by atoms with E-state index in [-0.39, 0.29) is 6.10 Å². The lowest BCUT2D eigenvalue weighted by atomic mass is 9.95. The van der Waals surface area contributed by atoms with Gasteiger partial charge in [-0.3, -0.25) is 0 Å². The second-order valence-electron chi connectivity index (χ2n) is 5.57. The van der Waals surface area contributed by atoms with Gasteiger partial charge in [0.15, 0.2) is 0 Å². The lowest BCUT2D eigenvalue weighted by Gasteiger charge is -2.29. The first-order chi connectivity index (χ1) is 11.0. The molecule has 1 aromatic heterocycles. The summed E-state index contributed by atoms with van der Waals surface area (Å²) in [6, 6.07) is 6.91. The van der Waals surface area contributed by atoms with Crippen LogP contribution in [0.25, 0.3) is 0 Å². The Kier molecular flexibility index (Phi) is 4.09. The molecule has 1 aliphatic heterocycles. The highest BCUT2D eigenvalue weighted by atomic mass is 35.5. The second-order valence-corrected chi connectivity index (χ2v) is 5.98. The normalized spacial score (nSPS) is 17.0. The van der Waals surface area contributed by atoms with Gasteiger partial charge in [-0.05, 0) is 26.8 Å². The van der Waals surface area contributed by atoms with Gasteiger partial charge in [-0.15, -0.1) is 0 Å². The summed E-state index contributed by atoms with van der Waals surface area (Å²) >= 11 is 6.36. The minimum absolute atomic E-state index is 0.216. The molecule has 23 heavy (non-hydrogen) atoms. The van der Waals surface area contributed by atoms with Gasteiger partial charge in [-0.25, -0.2) is 9.48 Å². The smallest absolute Gasteiger partial charge is 0.338 e. The standard InChI is InChI=1S/C16H17ClN4O2/c1-9(2)23-15(22)13-10(3)20-16-18-8-19-21(16)14(13)11-6-4-5-7-12(11)17/h4-9,14H,1-3H3,(H,18,19,20)/t14-/m0/s1. The minimum atomic E-state index is -0.478. The maximum absolute atomic E-state index is 12.6. The molecule has 0 radical (unpaired) electrons. The molecule has 3 rings (SSSR count). The summed E-state index contributed by atoms with van der Waals surface area (Å²) in [6.07, 6.45) is 1.22. The van der Waals surface area contributed by atoms with Crippen molar-refractivity contribution in [2.45, 2.75) is 32.9 Å². The number of allylic oxidation sites excluding steroid dienone is 1. The number of hydrogen-bond donors (Lipinski definition) is 1. The van der Waals surface area contributed by atoms with Gasteiger partial charge in [0.1, 0.15) is 12.4 Å². The molecule has 0 aliphatic carbocycles. The van der Waals surface area contributed by atoms with Gasteiger partial charge >= 0.3 is 5.97 Å². The quantitative estimate of drug-likeness (QED) is 0.874. The fraction of sp³-hybridized carbons (Fsp3) is 0.312. The van der Waals surface area contributed by atoms with Crippen LogP contribution in [-0.2, 0) is 9.53 Å². The van der Waals surface area contributed by atoms with Crippen LogP contribution in [0.3, 0.4) is 0 Å². The Morgan fingerprint density at radius 2 is 2.13 bits per heavy atom. The van der Waals surface area contributed by atoms with Crippen LogP contribution in [0.5, 0.6) is 0 Å². The van der Waals surface area contributed by atoms with Gasteiger partial charge in [0, 0.05) is 16.3 Å². The topological polar surface area (TPSA) is 69.0 Å². The van der Waals surface area contributed by atoms with E-state index in [2.05, 4.69) is 15.4 Å². The summed E-state index contributed by atoms with van der Waals surface area (Å²) in [4.78, 5) is 16.8. The van der Waals surface area contributed by atoms with Gasteiger partial charge in [-0.1, -0.05) is 29.8 Å². The van der Waals surface area contributed by atoms with Crippen molar-refractivity contribution in [2.24, 2.45) is 0 Å². The number of rotatable bonds is 3. The molecule has 0 saturated carbocycles. The van der Waals surface area contributed by atoms with Crippen molar-refractivity contribution in [1.29, 1.82) is 0 Å². The third-order valence-electron chi connectivity index (χ3n) is 3.56. The molecule has 1 aromatic carbocycles. The molecule has 6 nitrogen and oxygen atoms in total. The Balaban J connectivity index is 2.15. The van der Waals surface area contributed by atoms with Gasteiger partial charge in [-0.2, -0.15) is 10.1 Å². The van der Waals surface area contributed by atoms with E-state index < -0.39 is 12.0 Å². The average Bonchev–Trinajstić information content (AvgIpc) is 2.93. The van der Waals surface area contributed by atoms with Crippen molar-refractivity contribution in [3.8, 4) is 0 Å². The zero-order valence-electron chi connectivity index (χ0n) is 13.1. The molecule has 0 amide bonds. The highest BCUT2D eigenvalue weighted by molar-refractivity contribution is 6.31. The van der Waals surface area contributed by atoms with Crippen LogP contribution in [0.15, 0.2) is 41.9 Å². The second kappa shape index (κ2) is 6.04. The van der Waals surface area contributed by atoms with Crippen LogP contribution in [-0.4, -0.2) is 26.8 Å². The third-order valence-corrected chi connectivity index (χ3v) is 3.90. The van der Waals surface area contributed by atoms with Crippen molar-refractivity contribution < 1.29 is 9.53 Å². The molecule has 0 fully saturated rings. The predicted octanol–water partition coefficient (Wildman–Crippen LogP) is 3.17. The number of nitrogens with zero attached hydrogens (tertiary/aromatic N) is 3. The number of carbonyl (C=O) groups excluding carboxylic acids is 1. The zero-order chi connectivity index (χ0) is 16.6. The Hall–Kier alpha value is -2.34. The first-order valence-corrected chi connectivity index (χ1v) is 7.69. The van der Waals surface area contributed by atoms with Crippen molar-refractivity contribution >= 4 is 23.5 Å². The van der Waals surface area contributed by atoms with E-state index >= 15 is 0 Å². The summed E-state index contributed by atoms with van der Waals surface area (Å²) in [7, 11) is 0. The number of ether oxygens (including phenoxy) is 1. The van der Waals surface area contributed by atoms with E-state index in [9.17, 15) is 4.79 Å². The van der Waals surface area contributed by atoms with Gasteiger partial charge in [0.05, 0.1) is 11.7 Å². The molecule has 0 bridgehead atoms. The molecular weight excluding hydrogens is 316 g/mol. The first kappa shape index (κ1) is 15.6. The van der Waals surface area contributed by atoms with Gasteiger partial charge in [0.25, 0.3) is 0 Å². The fourth-order valence-electron chi connectivity index (χ4n) is 2.62. The van der Waals surface area contributed by atoms with E-state index in [1.807, 2.05) is 39.0 Å². The number of nitrogens with one attached hydrogen (secondary N) is 1. The molecular formula is C16H17ClN4O2. The molecule has 1 atom stereocenters. The van der Waals surface area contributed by atoms with Crippen molar-refractivity contribution in [1.82, 2.24) is 14.8 Å². The number of halogens is 1. The average molecular weight is 333 g/mol. The number of aromatic nitrogens is 3. The summed E-state index contributed by atoms with van der Waals surface area (Å²) in [6.45, 7) is 5.45. The highest BCUT2D eigenvalue weighted by Gasteiger charge is 2.35. The van der Waals surface area contributed by atoms with E-state index in [0.717, 1.165) is 5.56 Å². The molecule has 2 heterocycles. The number of carbonyl (C=O) groups is 1. The van der Waals surface area contributed by atoms with E-state index in [0.29, 0.717) is 22.2 Å². The van der Waals surface area contributed by atoms with E-state index in [1.54, 1.807) is 10.7 Å². The summed E-state index contributed by atoms with van der Waals surface area (Å²) < 4.78 is 7.05. The maximum Gasteiger partial charge on any atom is 0.338 e. The summed E-state index contributed by atoms with van der Waals surface area (Å²) in [5.41, 5.74) is 1.93. The molecule has 7 heteroatoms. The number of benzene rings is 1. The summed E-state index contributed by atoms with van der Waals surface area (Å²) in [5, 5.41) is 7.89. The lowest BCUT2D eigenvalue weighted by molar-refractivity contribution is -0.143. The van der Waals surface area contributed by atoms with Crippen molar-refractivity contribution in [2.75, 3.05) is 5.32 Å². The Morgan fingerprint density at radius 1 is 1.39 bits per heavy atom. The maximum atomic E-state index is 12.6. The zero-order valence-corrected chi connectivity index (χ0v) is 13.8. The van der Waals surface area contributed by atoms with Crippen LogP contribution < -0.4 is 5.32 Å². The molecule has 0 saturated heterocycles. The van der Waals surface area contributed by atoms with Crippen LogP contribution in [0, 0.1) is 0 Å². The molecule has 1 N–H and O–H groups in total. The van der Waals surface area contributed by atoms with E-state index in [1.165, 1.54) is 6.33 Å². The van der Waals surface area contributed by atoms with Crippen molar-refractivity contribution in [3.63, 3.8) is 0 Å². The molecule has 1 aliphatic rings. The molecule has 2 aromatic rings. The number of anilines is 1. The Morgan fingerprint density at radius 3 is 2.83 bits per heavy atom. The Labute approximate surface area is 139 Å². The fourth-order valence-corrected chi connectivity index (χ4v) is 2.86. The molecule has 0 spiro atoms. The Bertz CT molecular complexity index is 782. The van der Waals surface area contributed by atoms with Gasteiger partial charge < -0.3 is 10.1 Å². The van der Waals surface area contributed by atoms with Gasteiger partial charge in [0.2, 0.25) is 5.95 Å². The SMILES string of the molecule is CC1=C(C(=O)OC(C)C)[C@H](c2ccccc2Cl)n2ncnc2N1. The largest absolute Gasteiger partial charge is 0.459 e. The predicted molar refractivity (Wildman–Crippen MR) is 87.2 cm³/mol. The number of esters is 1. The van der Waals surface area contributed by atoms with Crippen LogP contribution in [0.1, 0.15) is 32.4 Å². The van der Waals surface area contributed by atoms with Crippen molar-refractivity contribution in [3.05, 3.63) is 52.4 Å². The monoisotopic (exact) mass is 332 g/mol. The highest BCUT2D eigenvalue weighted by Crippen LogP contribution is 2.38. The minimum Gasteiger partial charge on any atom is -0.459 e. The summed E-state index contributed by atoms with van der Waals surface area (Å²) in [5.74, 6) is 0.171. The first-order valence-electron chi connectivity index (χ1n) is 7.31. The van der Waals surface area contributed by atoms with E-state index in [4.69, 9.17) is 16.3 Å². The molecule has 0 unspecified atom stereocenters. The van der Waals surface area contributed by atoms with Crippen LogP contribution in [0.4, 0.5) is 5.95 Å². The third kappa shape index (κ3) is 2.82. The number of hydrogen-bond acceptors (Lipinski definition) is 5. The lowest BCUT2D eigenvalue weighted by Crippen LogP contribution is -2.30. The van der Waals surface area contributed by atoms with Crippen LogP contribution >= 0.6 is 11.6 Å². The molecule has 120 valence electrons. The van der Waals surface area contributed by atoms with Crippen LogP contribution in [0.2, 0.25) is 5.02 Å². The number of fused-ring (bicyclic) bond motifs is 1.